The number of amides is 1. The number of aliphatic hydroxyl groups excluding tert-OH is 1. The van der Waals surface area contributed by atoms with Gasteiger partial charge < -0.3 is 15.6 Å². The number of nitrogens with zero attached hydrogens (tertiary/aromatic N) is 4. The minimum absolute atomic E-state index is 0.250. The molecule has 126 valence electrons. The number of rotatable bonds is 3. The molecule has 24 heavy (non-hydrogen) atoms. The Labute approximate surface area is 139 Å². The molecule has 0 aliphatic heterocycles. The van der Waals surface area contributed by atoms with E-state index < -0.39 is 0 Å². The predicted octanol–water partition coefficient (Wildman–Crippen LogP) is 0.711. The van der Waals surface area contributed by atoms with Crippen LogP contribution in [0.2, 0.25) is 0 Å². The molecule has 0 spiro atoms. The number of benzene rings is 1. The fourth-order valence-electron chi connectivity index (χ4n) is 2.18. The summed E-state index contributed by atoms with van der Waals surface area (Å²) in [6.45, 7) is 2.22. The maximum atomic E-state index is 10.6. The molecule has 3 rings (SSSR count). The summed E-state index contributed by atoms with van der Waals surface area (Å²) in [5.74, 6) is 0. The second-order valence-electron chi connectivity index (χ2n) is 4.43. The van der Waals surface area contributed by atoms with Crippen molar-refractivity contribution in [1.29, 1.82) is 0 Å². The van der Waals surface area contributed by atoms with Crippen molar-refractivity contribution in [2.24, 2.45) is 5.73 Å². The first-order valence-corrected chi connectivity index (χ1v) is 6.97. The van der Waals surface area contributed by atoms with Crippen LogP contribution in [-0.4, -0.2) is 44.7 Å². The Hall–Kier alpha value is -3.13. The molecule has 3 N–H and O–H groups in total. The average molecular weight is 329 g/mol. The van der Waals surface area contributed by atoms with Crippen LogP contribution < -0.4 is 5.73 Å². The first-order valence-electron chi connectivity index (χ1n) is 6.97. The Kier molecular flexibility index (Phi) is 7.72. The second kappa shape index (κ2) is 9.80. The molecule has 0 saturated heterocycles. The van der Waals surface area contributed by atoms with Gasteiger partial charge in [0.2, 0.25) is 6.41 Å². The van der Waals surface area contributed by atoms with E-state index in [1.807, 2.05) is 19.1 Å². The van der Waals surface area contributed by atoms with Crippen molar-refractivity contribution < 1.29 is 14.7 Å². The molecule has 0 radical (unpaired) electrons. The lowest BCUT2D eigenvalue weighted by Gasteiger charge is -2.02. The van der Waals surface area contributed by atoms with Gasteiger partial charge in [-0.2, -0.15) is 5.10 Å². The van der Waals surface area contributed by atoms with Gasteiger partial charge in [0.25, 0.3) is 0 Å². The summed E-state index contributed by atoms with van der Waals surface area (Å²) in [6.07, 6.45) is 6.17. The highest BCUT2D eigenvalue weighted by Gasteiger charge is 2.08. The third-order valence-corrected chi connectivity index (χ3v) is 3.08. The van der Waals surface area contributed by atoms with Crippen molar-refractivity contribution in [2.45, 2.75) is 13.5 Å². The van der Waals surface area contributed by atoms with Crippen molar-refractivity contribution in [3.05, 3.63) is 42.6 Å². The van der Waals surface area contributed by atoms with E-state index in [9.17, 15) is 4.79 Å². The van der Waals surface area contributed by atoms with E-state index in [1.165, 1.54) is 6.33 Å². The number of aliphatic hydroxyl groups is 1. The monoisotopic (exact) mass is 329 g/mol. The van der Waals surface area contributed by atoms with Crippen molar-refractivity contribution in [1.82, 2.24) is 19.7 Å². The zero-order valence-corrected chi connectivity index (χ0v) is 13.5. The van der Waals surface area contributed by atoms with Gasteiger partial charge in [-0.25, -0.2) is 9.97 Å². The lowest BCUT2D eigenvalue weighted by atomic mass is 10.1. The summed E-state index contributed by atoms with van der Waals surface area (Å²) >= 11 is 0. The molecule has 1 amide bonds. The van der Waals surface area contributed by atoms with Gasteiger partial charge in [0.15, 0.2) is 0 Å². The number of nitrogens with two attached hydrogens (primary N) is 1. The van der Waals surface area contributed by atoms with E-state index in [2.05, 4.69) is 26.9 Å². The molecule has 1 aromatic carbocycles. The number of carbonyl (C=O) groups excluding carboxylic acids is 2. The van der Waals surface area contributed by atoms with Gasteiger partial charge in [0.05, 0.1) is 17.8 Å². The molecule has 0 unspecified atom stereocenters. The first kappa shape index (κ1) is 18.9. The minimum Gasteiger partial charge on any atom is -0.400 e. The van der Waals surface area contributed by atoms with E-state index in [0.29, 0.717) is 0 Å². The third-order valence-electron chi connectivity index (χ3n) is 3.08. The molecule has 0 atom stereocenters. The van der Waals surface area contributed by atoms with E-state index in [0.717, 1.165) is 41.1 Å². The first-order chi connectivity index (χ1) is 11.7. The number of aldehydes is 1. The minimum atomic E-state index is 0.250. The summed E-state index contributed by atoms with van der Waals surface area (Å²) in [5.41, 5.74) is 8.05. The highest BCUT2D eigenvalue weighted by Crippen LogP contribution is 2.25. The van der Waals surface area contributed by atoms with Gasteiger partial charge in [-0.15, -0.1) is 0 Å². The quantitative estimate of drug-likeness (QED) is 0.682. The average Bonchev–Trinajstić information content (AvgIpc) is 2.94. The van der Waals surface area contributed by atoms with Crippen LogP contribution in [0.5, 0.6) is 0 Å². The summed E-state index contributed by atoms with van der Waals surface area (Å²) in [4.78, 5) is 27.3. The van der Waals surface area contributed by atoms with Crippen LogP contribution in [-0.2, 0) is 16.1 Å². The number of primary amides is 1. The van der Waals surface area contributed by atoms with Crippen LogP contribution in [0.1, 0.15) is 5.69 Å². The maximum Gasteiger partial charge on any atom is 0.204 e. The molecule has 0 aliphatic rings. The van der Waals surface area contributed by atoms with Gasteiger partial charge in [-0.1, -0.05) is 6.07 Å². The van der Waals surface area contributed by atoms with Crippen LogP contribution >= 0.6 is 0 Å². The highest BCUT2D eigenvalue weighted by atomic mass is 16.2. The molecule has 3 aromatic rings. The lowest BCUT2D eigenvalue weighted by molar-refractivity contribution is -0.108. The normalized spacial score (nSPS) is 9.29. The molecular weight excluding hydrogens is 310 g/mol. The molecule has 0 bridgehead atoms. The molecule has 0 aliphatic carbocycles. The summed E-state index contributed by atoms with van der Waals surface area (Å²) in [7, 11) is 1.00. The van der Waals surface area contributed by atoms with Crippen molar-refractivity contribution in [3.63, 3.8) is 0 Å². The zero-order chi connectivity index (χ0) is 17.9. The van der Waals surface area contributed by atoms with Gasteiger partial charge in [0, 0.05) is 30.5 Å². The topological polar surface area (TPSA) is 124 Å². The summed E-state index contributed by atoms with van der Waals surface area (Å²) in [5, 5.41) is 12.4. The van der Waals surface area contributed by atoms with Gasteiger partial charge in [-0.3, -0.25) is 9.48 Å². The van der Waals surface area contributed by atoms with Crippen molar-refractivity contribution >= 4 is 23.6 Å². The van der Waals surface area contributed by atoms with E-state index in [-0.39, 0.29) is 13.0 Å². The Morgan fingerprint density at radius 3 is 2.38 bits per heavy atom. The van der Waals surface area contributed by atoms with Crippen molar-refractivity contribution in [2.75, 3.05) is 7.11 Å². The largest absolute Gasteiger partial charge is 0.400 e. The summed E-state index contributed by atoms with van der Waals surface area (Å²) in [6, 6.07) is 6.02. The number of aryl methyl sites for hydroxylation is 1. The molecule has 8 nitrogen and oxygen atoms in total. The molecule has 2 heterocycles. The third kappa shape index (κ3) is 4.43. The van der Waals surface area contributed by atoms with Gasteiger partial charge in [0.1, 0.15) is 12.6 Å². The fraction of sp³-hybridized carbons (Fsp3) is 0.188. The van der Waals surface area contributed by atoms with Crippen LogP contribution in [0.15, 0.2) is 36.9 Å². The SMILES string of the molecule is CO.Cc1nn(CC=O)c2ccc(-c3cncnc3)cc12.NC=O. The van der Waals surface area contributed by atoms with E-state index in [1.54, 1.807) is 17.1 Å². The number of hydrogen-bond acceptors (Lipinski definition) is 6. The van der Waals surface area contributed by atoms with E-state index >= 15 is 0 Å². The smallest absolute Gasteiger partial charge is 0.204 e. The van der Waals surface area contributed by atoms with Crippen LogP contribution in [0, 0.1) is 6.92 Å². The number of carbonyl (C=O) groups is 2. The fourth-order valence-corrected chi connectivity index (χ4v) is 2.18. The van der Waals surface area contributed by atoms with Crippen LogP contribution in [0.4, 0.5) is 0 Å². The molecular formula is C16H19N5O3. The molecule has 0 saturated carbocycles. The van der Waals surface area contributed by atoms with Crippen LogP contribution in [0.3, 0.4) is 0 Å². The Bertz CT molecular complexity index is 787. The van der Waals surface area contributed by atoms with Gasteiger partial charge in [-0.05, 0) is 24.6 Å². The maximum absolute atomic E-state index is 10.6. The Morgan fingerprint density at radius 2 is 1.79 bits per heavy atom. The molecule has 2 aromatic heterocycles. The number of hydrogen-bond donors (Lipinski definition) is 2. The lowest BCUT2D eigenvalue weighted by Crippen LogP contribution is -2.00. The molecule has 0 fully saturated rings. The predicted molar refractivity (Wildman–Crippen MR) is 90.0 cm³/mol. The van der Waals surface area contributed by atoms with E-state index in [4.69, 9.17) is 9.90 Å². The number of fused-ring (bicyclic) bond motifs is 1. The van der Waals surface area contributed by atoms with Crippen LogP contribution in [0.25, 0.3) is 22.0 Å². The summed E-state index contributed by atoms with van der Waals surface area (Å²) < 4.78 is 1.71. The van der Waals surface area contributed by atoms with Gasteiger partial charge >= 0.3 is 0 Å². The Balaban J connectivity index is 0.000000521. The molecule has 8 heteroatoms. The zero-order valence-electron chi connectivity index (χ0n) is 13.5. The second-order valence-corrected chi connectivity index (χ2v) is 4.43. The number of aromatic nitrogens is 4. The van der Waals surface area contributed by atoms with Crippen molar-refractivity contribution in [3.8, 4) is 11.1 Å². The Morgan fingerprint density at radius 1 is 1.17 bits per heavy atom. The standard InChI is InChI=1S/C14H12N4O.CH3NO.CH4O/c1-10-13-6-11(12-7-15-9-16-8-12)2-3-14(13)18(17-10)4-5-19;2-1-3;1-2/h2-3,5-9H,4H2,1H3;1H,(H2,2,3);2H,1H3. The highest BCUT2D eigenvalue weighted by molar-refractivity contribution is 5.87.